The lowest BCUT2D eigenvalue weighted by molar-refractivity contribution is 0.661. The first-order valence-corrected chi connectivity index (χ1v) is 23.0. The largest absolute Gasteiger partial charge is 0.309 e. The fourth-order valence-electron chi connectivity index (χ4n) is 10.2. The Balaban J connectivity index is 0.957. The molecule has 0 unspecified atom stereocenters. The summed E-state index contributed by atoms with van der Waals surface area (Å²) in [7, 11) is 0. The summed E-state index contributed by atoms with van der Waals surface area (Å²) in [6.45, 7) is 4.72. The fourth-order valence-corrected chi connectivity index (χ4v) is 11.4. The molecule has 1 aliphatic rings. The van der Waals surface area contributed by atoms with Crippen molar-refractivity contribution in [1.82, 2.24) is 19.5 Å². The molecule has 12 aromatic rings. The van der Waals surface area contributed by atoms with Crippen molar-refractivity contribution in [2.24, 2.45) is 0 Å². The topological polar surface area (TPSA) is 43.6 Å². The smallest absolute Gasteiger partial charge is 0.165 e. The van der Waals surface area contributed by atoms with Crippen LogP contribution in [0.2, 0.25) is 0 Å². The van der Waals surface area contributed by atoms with Gasteiger partial charge in [0.2, 0.25) is 0 Å². The SMILES string of the molecule is CC1(C)c2ccccc2-c2cc3c4cc(-c5ccc(-c6cc(-c7nc(-c8ccccc8)nc(-c8ccccc8)n7)c7sc8ccccc8c7c6)cc5)ccc4n(-c4ccccc4)c3cc21. The number of thiophene rings is 1. The van der Waals surface area contributed by atoms with Crippen molar-refractivity contribution in [3.8, 4) is 73.2 Å². The molecule has 4 nitrogen and oxygen atoms in total. The van der Waals surface area contributed by atoms with Crippen LogP contribution in [0.1, 0.15) is 25.0 Å². The summed E-state index contributed by atoms with van der Waals surface area (Å²) in [6, 6.07) is 74.3. The molecule has 1 aliphatic carbocycles. The van der Waals surface area contributed by atoms with Gasteiger partial charge in [-0.3, -0.25) is 0 Å². The van der Waals surface area contributed by atoms with Crippen LogP contribution in [0.25, 0.3) is 115 Å². The Bertz CT molecular complexity index is 3770. The van der Waals surface area contributed by atoms with Crippen LogP contribution in [-0.4, -0.2) is 19.5 Å². The maximum absolute atomic E-state index is 5.20. The second kappa shape index (κ2) is 14.5. The quantitative estimate of drug-likeness (QED) is 0.167. The number of benzene rings is 9. The highest BCUT2D eigenvalue weighted by Gasteiger charge is 2.36. The summed E-state index contributed by atoms with van der Waals surface area (Å²) in [5.41, 5.74) is 16.4. The zero-order valence-electron chi connectivity index (χ0n) is 35.8. The van der Waals surface area contributed by atoms with Gasteiger partial charge in [-0.05, 0) is 99.1 Å². The van der Waals surface area contributed by atoms with Crippen LogP contribution in [0.4, 0.5) is 0 Å². The van der Waals surface area contributed by atoms with Crippen molar-refractivity contribution in [3.05, 3.63) is 217 Å². The average Bonchev–Trinajstić information content (AvgIpc) is 3.98. The number of para-hydroxylation sites is 1. The van der Waals surface area contributed by atoms with Crippen molar-refractivity contribution in [3.63, 3.8) is 0 Å². The Kier molecular flexibility index (Phi) is 8.39. The summed E-state index contributed by atoms with van der Waals surface area (Å²) in [4.78, 5) is 15.4. The molecule has 0 saturated carbocycles. The monoisotopic (exact) mass is 848 g/mol. The van der Waals surface area contributed by atoms with Gasteiger partial charge in [-0.15, -0.1) is 11.3 Å². The lowest BCUT2D eigenvalue weighted by atomic mass is 9.82. The van der Waals surface area contributed by atoms with E-state index in [1.165, 1.54) is 70.7 Å². The van der Waals surface area contributed by atoms with Crippen LogP contribution in [0.3, 0.4) is 0 Å². The first kappa shape index (κ1) is 37.6. The minimum atomic E-state index is -0.0889. The van der Waals surface area contributed by atoms with Crippen molar-refractivity contribution in [1.29, 1.82) is 0 Å². The summed E-state index contributed by atoms with van der Waals surface area (Å²) in [5.74, 6) is 1.97. The Labute approximate surface area is 380 Å². The van der Waals surface area contributed by atoms with E-state index in [1.54, 1.807) is 11.3 Å². The first-order valence-electron chi connectivity index (χ1n) is 22.2. The predicted octanol–water partition coefficient (Wildman–Crippen LogP) is 16.0. The molecule has 306 valence electrons. The van der Waals surface area contributed by atoms with Crippen LogP contribution in [0, 0.1) is 0 Å². The molecule has 13 rings (SSSR count). The zero-order valence-corrected chi connectivity index (χ0v) is 36.6. The molecule has 0 N–H and O–H groups in total. The van der Waals surface area contributed by atoms with Crippen LogP contribution < -0.4 is 0 Å². The van der Waals surface area contributed by atoms with Crippen LogP contribution in [-0.2, 0) is 5.41 Å². The Hall–Kier alpha value is -7.99. The van der Waals surface area contributed by atoms with Crippen LogP contribution >= 0.6 is 11.3 Å². The van der Waals surface area contributed by atoms with E-state index in [9.17, 15) is 0 Å². The van der Waals surface area contributed by atoms with Crippen molar-refractivity contribution >= 4 is 53.3 Å². The molecular weight excluding hydrogens is 809 g/mol. The normalized spacial score (nSPS) is 12.9. The van der Waals surface area contributed by atoms with Gasteiger partial charge in [-0.2, -0.15) is 0 Å². The maximum Gasteiger partial charge on any atom is 0.165 e. The number of hydrogen-bond donors (Lipinski definition) is 0. The van der Waals surface area contributed by atoms with E-state index < -0.39 is 0 Å². The van der Waals surface area contributed by atoms with E-state index in [0.717, 1.165) is 38.2 Å². The van der Waals surface area contributed by atoms with E-state index in [1.807, 2.05) is 36.4 Å². The molecule has 3 heterocycles. The number of hydrogen-bond acceptors (Lipinski definition) is 4. The predicted molar refractivity (Wildman–Crippen MR) is 272 cm³/mol. The minimum Gasteiger partial charge on any atom is -0.309 e. The van der Waals surface area contributed by atoms with Crippen LogP contribution in [0.15, 0.2) is 206 Å². The Morgan fingerprint density at radius 3 is 1.66 bits per heavy atom. The van der Waals surface area contributed by atoms with Gasteiger partial charge in [0.1, 0.15) is 0 Å². The molecule has 0 aliphatic heterocycles. The van der Waals surface area contributed by atoms with E-state index >= 15 is 0 Å². The third kappa shape index (κ3) is 6.00. The van der Waals surface area contributed by atoms with Crippen molar-refractivity contribution in [2.45, 2.75) is 19.3 Å². The highest BCUT2D eigenvalue weighted by Crippen LogP contribution is 2.51. The van der Waals surface area contributed by atoms with Gasteiger partial charge in [-0.25, -0.2) is 15.0 Å². The molecule has 9 aromatic carbocycles. The highest BCUT2D eigenvalue weighted by atomic mass is 32.1. The van der Waals surface area contributed by atoms with Gasteiger partial charge in [0.15, 0.2) is 17.5 Å². The van der Waals surface area contributed by atoms with Gasteiger partial charge in [-0.1, -0.05) is 166 Å². The van der Waals surface area contributed by atoms with Gasteiger partial charge >= 0.3 is 0 Å². The molecule has 0 spiro atoms. The highest BCUT2D eigenvalue weighted by molar-refractivity contribution is 7.26. The number of aromatic nitrogens is 4. The zero-order chi connectivity index (χ0) is 43.2. The van der Waals surface area contributed by atoms with Crippen molar-refractivity contribution < 1.29 is 0 Å². The van der Waals surface area contributed by atoms with Gasteiger partial charge in [0.05, 0.1) is 11.0 Å². The fraction of sp³-hybridized carbons (Fsp3) is 0.0500. The number of fused-ring (bicyclic) bond motifs is 9. The summed E-state index contributed by atoms with van der Waals surface area (Å²) in [5, 5.41) is 4.94. The molecule has 0 fully saturated rings. The molecule has 0 radical (unpaired) electrons. The molecule has 0 atom stereocenters. The standard InChI is InChI=1S/C60H40N4S/c1-60(2)51-24-14-12-22-44(51)46-35-48-47-32-41(30-31-53(47)64(54(48)36-52(46)60)43-20-10-5-11-21-43)37-26-28-38(29-27-37)42-33-49-45-23-13-15-25-55(45)65-56(49)50(34-42)59-62-57(39-16-6-3-7-17-39)61-58(63-59)40-18-8-4-9-19-40/h3-36H,1-2H3. The van der Waals surface area contributed by atoms with E-state index in [4.69, 9.17) is 15.0 Å². The second-order valence-corrected chi connectivity index (χ2v) is 18.7. The average molecular weight is 849 g/mol. The molecule has 0 amide bonds. The second-order valence-electron chi connectivity index (χ2n) is 17.6. The Morgan fingerprint density at radius 1 is 0.369 bits per heavy atom. The molecule has 5 heteroatoms. The molecule has 65 heavy (non-hydrogen) atoms. The maximum atomic E-state index is 5.20. The van der Waals surface area contributed by atoms with Gasteiger partial charge in [0, 0.05) is 58.7 Å². The summed E-state index contributed by atoms with van der Waals surface area (Å²) in [6.07, 6.45) is 0. The molecule has 3 aromatic heterocycles. The number of rotatable bonds is 6. The lowest BCUT2D eigenvalue weighted by Crippen LogP contribution is -2.14. The van der Waals surface area contributed by atoms with E-state index in [-0.39, 0.29) is 5.41 Å². The molecular formula is C60H40N4S. The van der Waals surface area contributed by atoms with Crippen molar-refractivity contribution in [2.75, 3.05) is 0 Å². The third-order valence-corrected chi connectivity index (χ3v) is 14.7. The lowest BCUT2D eigenvalue weighted by Gasteiger charge is -2.21. The molecule has 0 saturated heterocycles. The van der Waals surface area contributed by atoms with Gasteiger partial charge in [0.25, 0.3) is 0 Å². The minimum absolute atomic E-state index is 0.0889. The van der Waals surface area contributed by atoms with E-state index in [0.29, 0.717) is 17.5 Å². The summed E-state index contributed by atoms with van der Waals surface area (Å²) >= 11 is 1.79. The first-order chi connectivity index (χ1) is 32.0. The Morgan fingerprint density at radius 2 is 0.938 bits per heavy atom. The third-order valence-electron chi connectivity index (χ3n) is 13.5. The van der Waals surface area contributed by atoms with E-state index in [2.05, 4.69) is 188 Å². The molecule has 0 bridgehead atoms. The number of nitrogens with zero attached hydrogens (tertiary/aromatic N) is 4. The van der Waals surface area contributed by atoms with Gasteiger partial charge < -0.3 is 4.57 Å². The van der Waals surface area contributed by atoms with Crippen LogP contribution in [0.5, 0.6) is 0 Å². The summed E-state index contributed by atoms with van der Waals surface area (Å²) < 4.78 is 4.84.